The number of benzene rings is 2. The summed E-state index contributed by atoms with van der Waals surface area (Å²) in [6, 6.07) is 11.4. The Labute approximate surface area is 190 Å². The van der Waals surface area contributed by atoms with Crippen molar-refractivity contribution in [1.29, 1.82) is 0 Å². The number of likely N-dealkylation sites (N-methyl/N-ethyl adjacent to an activating group) is 1. The van der Waals surface area contributed by atoms with Crippen LogP contribution in [0.4, 0.5) is 21.7 Å². The number of hydrogen-bond acceptors (Lipinski definition) is 6. The molecule has 1 N–H and O–H groups in total. The van der Waals surface area contributed by atoms with Crippen molar-refractivity contribution in [3.63, 3.8) is 0 Å². The van der Waals surface area contributed by atoms with E-state index in [2.05, 4.69) is 69.2 Å². The molecule has 2 heterocycles. The van der Waals surface area contributed by atoms with E-state index < -0.39 is 0 Å². The summed E-state index contributed by atoms with van der Waals surface area (Å²) in [7, 11) is 4.17. The minimum Gasteiger partial charge on any atom is -0.369 e. The number of nitrogens with zero attached hydrogens (tertiary/aromatic N) is 6. The molecule has 0 aliphatic carbocycles. The number of hydrogen-bond donors (Lipinski definition) is 1. The van der Waals surface area contributed by atoms with E-state index in [1.54, 1.807) is 17.1 Å². The van der Waals surface area contributed by atoms with Gasteiger partial charge in [0.1, 0.15) is 12.1 Å². The highest BCUT2D eigenvalue weighted by molar-refractivity contribution is 5.64. The van der Waals surface area contributed by atoms with Gasteiger partial charge in [-0.2, -0.15) is 4.98 Å². The lowest BCUT2D eigenvalue weighted by molar-refractivity contribution is 0.313. The van der Waals surface area contributed by atoms with Crippen LogP contribution in [0.15, 0.2) is 42.7 Å². The Morgan fingerprint density at radius 2 is 1.84 bits per heavy atom. The van der Waals surface area contributed by atoms with E-state index in [0.29, 0.717) is 18.2 Å². The molecule has 0 unspecified atom stereocenters. The number of nitrogens with one attached hydrogen (secondary N) is 1. The van der Waals surface area contributed by atoms with Crippen molar-refractivity contribution in [3.05, 3.63) is 59.7 Å². The Kier molecular flexibility index (Phi) is 6.72. The molecule has 4 rings (SSSR count). The van der Waals surface area contributed by atoms with Crippen molar-refractivity contribution in [2.24, 2.45) is 0 Å². The van der Waals surface area contributed by atoms with Gasteiger partial charge < -0.3 is 20.0 Å². The van der Waals surface area contributed by atoms with Gasteiger partial charge in [-0.05, 0) is 75.1 Å². The van der Waals surface area contributed by atoms with E-state index >= 15 is 0 Å². The van der Waals surface area contributed by atoms with E-state index in [1.165, 1.54) is 17.3 Å². The van der Waals surface area contributed by atoms with Gasteiger partial charge in [-0.15, -0.1) is 5.10 Å². The predicted molar refractivity (Wildman–Crippen MR) is 130 cm³/mol. The van der Waals surface area contributed by atoms with Gasteiger partial charge in [0.2, 0.25) is 5.95 Å². The fourth-order valence-corrected chi connectivity index (χ4v) is 3.94. The maximum atomic E-state index is 14.2. The molecule has 2 aromatic carbocycles. The van der Waals surface area contributed by atoms with Gasteiger partial charge >= 0.3 is 0 Å². The van der Waals surface area contributed by atoms with Crippen LogP contribution in [-0.2, 0) is 6.54 Å². The SMILES string of the molecule is CCN(C)Cc1cc(F)cc(-n2cnc(Nc3cc(C)cc(N4CCN(C)CC4)c3)n2)c1.[HH]. The third-order valence-corrected chi connectivity index (χ3v) is 5.88. The van der Waals surface area contributed by atoms with Crippen LogP contribution in [0.1, 0.15) is 19.5 Å². The molecular weight excluding hydrogens is 405 g/mol. The standard InChI is InChI=1S/C24H32FN7.H2/c1-5-29(3)16-19-12-20(25)14-23(13-19)32-17-26-24(28-32)27-21-10-18(2)11-22(15-21)31-8-6-30(4)7-9-31;/h10-15,17H,5-9,16H2,1-4H3,(H,27,28);1H. The molecule has 1 aliphatic heterocycles. The first kappa shape index (κ1) is 22.2. The van der Waals surface area contributed by atoms with Crippen molar-refractivity contribution in [3.8, 4) is 5.69 Å². The molecule has 172 valence electrons. The monoisotopic (exact) mass is 439 g/mol. The molecular formula is C24H34FN7. The van der Waals surface area contributed by atoms with E-state index in [4.69, 9.17) is 0 Å². The van der Waals surface area contributed by atoms with Crippen molar-refractivity contribution < 1.29 is 5.82 Å². The fraction of sp³-hybridized carbons (Fsp3) is 0.417. The number of halogens is 1. The van der Waals surface area contributed by atoms with Crippen LogP contribution in [0.25, 0.3) is 5.69 Å². The molecule has 0 radical (unpaired) electrons. The average molecular weight is 440 g/mol. The molecule has 0 amide bonds. The number of aryl methyl sites for hydroxylation is 1. The summed E-state index contributed by atoms with van der Waals surface area (Å²) in [4.78, 5) is 11.3. The molecule has 7 nitrogen and oxygen atoms in total. The van der Waals surface area contributed by atoms with Crippen LogP contribution < -0.4 is 10.2 Å². The van der Waals surface area contributed by atoms with Gasteiger partial charge in [0.25, 0.3) is 0 Å². The van der Waals surface area contributed by atoms with Gasteiger partial charge in [-0.25, -0.2) is 9.07 Å². The minimum atomic E-state index is -0.275. The number of anilines is 3. The van der Waals surface area contributed by atoms with Gasteiger partial charge in [0, 0.05) is 45.5 Å². The summed E-state index contributed by atoms with van der Waals surface area (Å²) in [5.41, 5.74) is 4.89. The summed E-state index contributed by atoms with van der Waals surface area (Å²) in [6.45, 7) is 9.91. The van der Waals surface area contributed by atoms with Gasteiger partial charge in [-0.1, -0.05) is 6.92 Å². The number of rotatable bonds is 7. The van der Waals surface area contributed by atoms with Crippen LogP contribution in [0.5, 0.6) is 0 Å². The van der Waals surface area contributed by atoms with E-state index in [9.17, 15) is 4.39 Å². The molecule has 0 atom stereocenters. The highest BCUT2D eigenvalue weighted by atomic mass is 19.1. The lowest BCUT2D eigenvalue weighted by Crippen LogP contribution is -2.44. The third-order valence-electron chi connectivity index (χ3n) is 5.88. The molecule has 1 aromatic heterocycles. The fourth-order valence-electron chi connectivity index (χ4n) is 3.94. The van der Waals surface area contributed by atoms with Crippen molar-refractivity contribution >= 4 is 17.3 Å². The second kappa shape index (κ2) is 9.67. The summed E-state index contributed by atoms with van der Waals surface area (Å²) in [6.07, 6.45) is 1.61. The van der Waals surface area contributed by atoms with E-state index in [-0.39, 0.29) is 7.24 Å². The second-order valence-electron chi connectivity index (χ2n) is 8.63. The zero-order valence-corrected chi connectivity index (χ0v) is 19.3. The lowest BCUT2D eigenvalue weighted by Gasteiger charge is -2.34. The van der Waals surface area contributed by atoms with Crippen LogP contribution in [0, 0.1) is 12.7 Å². The molecule has 0 bridgehead atoms. The molecule has 1 saturated heterocycles. The quantitative estimate of drug-likeness (QED) is 0.603. The molecule has 8 heteroatoms. The highest BCUT2D eigenvalue weighted by Gasteiger charge is 2.15. The largest absolute Gasteiger partial charge is 0.369 e. The normalized spacial score (nSPS) is 14.9. The molecule has 1 fully saturated rings. The molecule has 1 aliphatic rings. The Balaban J connectivity index is 0.00000306. The van der Waals surface area contributed by atoms with Crippen LogP contribution in [0.2, 0.25) is 0 Å². The molecule has 3 aromatic rings. The summed E-state index contributed by atoms with van der Waals surface area (Å²) >= 11 is 0. The highest BCUT2D eigenvalue weighted by Crippen LogP contribution is 2.25. The zero-order chi connectivity index (χ0) is 22.7. The Bertz CT molecular complexity index is 1060. The molecule has 0 spiro atoms. The van der Waals surface area contributed by atoms with Crippen LogP contribution in [-0.4, -0.2) is 71.4 Å². The first-order valence-electron chi connectivity index (χ1n) is 11.1. The summed E-state index contributed by atoms with van der Waals surface area (Å²) in [5.74, 6) is 0.207. The van der Waals surface area contributed by atoms with Crippen molar-refractivity contribution in [2.75, 3.05) is 57.0 Å². The first-order valence-corrected chi connectivity index (χ1v) is 11.1. The number of aromatic nitrogens is 3. The summed E-state index contributed by atoms with van der Waals surface area (Å²) < 4.78 is 15.8. The van der Waals surface area contributed by atoms with Gasteiger partial charge in [-0.3, -0.25) is 0 Å². The van der Waals surface area contributed by atoms with Gasteiger partial charge in [0.15, 0.2) is 0 Å². The minimum absolute atomic E-state index is 0. The predicted octanol–water partition coefficient (Wildman–Crippen LogP) is 3.91. The molecule has 0 saturated carbocycles. The van der Waals surface area contributed by atoms with Crippen LogP contribution in [0.3, 0.4) is 0 Å². The average Bonchev–Trinajstić information content (AvgIpc) is 3.22. The molecule has 32 heavy (non-hydrogen) atoms. The maximum Gasteiger partial charge on any atom is 0.246 e. The number of piperazine rings is 1. The maximum absolute atomic E-state index is 14.2. The van der Waals surface area contributed by atoms with E-state index in [1.807, 2.05) is 13.1 Å². The summed E-state index contributed by atoms with van der Waals surface area (Å²) in [5, 5.41) is 7.84. The Hall–Kier alpha value is -2.97. The smallest absolute Gasteiger partial charge is 0.246 e. The van der Waals surface area contributed by atoms with E-state index in [0.717, 1.165) is 44.0 Å². The second-order valence-corrected chi connectivity index (χ2v) is 8.63. The third kappa shape index (κ3) is 5.44. The van der Waals surface area contributed by atoms with Gasteiger partial charge in [0.05, 0.1) is 5.69 Å². The Morgan fingerprint density at radius 1 is 1.06 bits per heavy atom. The topological polar surface area (TPSA) is 52.5 Å². The lowest BCUT2D eigenvalue weighted by atomic mass is 10.1. The van der Waals surface area contributed by atoms with Crippen molar-refractivity contribution in [1.82, 2.24) is 24.6 Å². The first-order chi connectivity index (χ1) is 15.4. The Morgan fingerprint density at radius 3 is 2.59 bits per heavy atom. The van der Waals surface area contributed by atoms with Crippen LogP contribution >= 0.6 is 0 Å². The van der Waals surface area contributed by atoms with Crippen molar-refractivity contribution in [2.45, 2.75) is 20.4 Å². The zero-order valence-electron chi connectivity index (χ0n) is 19.3.